The summed E-state index contributed by atoms with van der Waals surface area (Å²) in [5, 5.41) is 2.75. The average Bonchev–Trinajstić information content (AvgIpc) is 2.99. The fourth-order valence-electron chi connectivity index (χ4n) is 2.36. The molecule has 3 rings (SSSR count). The lowest BCUT2D eigenvalue weighted by molar-refractivity contribution is 0.214. The molecule has 6 heteroatoms. The summed E-state index contributed by atoms with van der Waals surface area (Å²) in [6.07, 6.45) is 0. The Morgan fingerprint density at radius 2 is 2.09 bits per heavy atom. The Bertz CT molecular complexity index is 697. The number of hydrogen-bond acceptors (Lipinski definition) is 2. The molecule has 2 amide bonds. The van der Waals surface area contributed by atoms with Crippen LogP contribution >= 0.6 is 27.7 Å². The summed E-state index contributed by atoms with van der Waals surface area (Å²) in [5.41, 5.74) is 1.53. The van der Waals surface area contributed by atoms with Crippen LogP contribution in [0.1, 0.15) is 10.9 Å². The summed E-state index contributed by atoms with van der Waals surface area (Å²) in [4.78, 5) is 14.3. The highest BCUT2D eigenvalue weighted by Crippen LogP contribution is 2.38. The smallest absolute Gasteiger partial charge is 0.308 e. The molecule has 0 unspecified atom stereocenters. The van der Waals surface area contributed by atoms with Gasteiger partial charge in [0.1, 0.15) is 11.2 Å². The van der Waals surface area contributed by atoms with E-state index in [-0.39, 0.29) is 17.2 Å². The number of para-hydroxylation sites is 1. The van der Waals surface area contributed by atoms with Crippen molar-refractivity contribution in [2.45, 2.75) is 5.37 Å². The molecule has 1 heterocycles. The van der Waals surface area contributed by atoms with Crippen LogP contribution in [-0.2, 0) is 0 Å². The van der Waals surface area contributed by atoms with Gasteiger partial charge in [-0.15, -0.1) is 11.8 Å². The number of benzene rings is 2. The van der Waals surface area contributed by atoms with Gasteiger partial charge in [0, 0.05) is 16.8 Å². The quantitative estimate of drug-likeness (QED) is 0.805. The molecule has 114 valence electrons. The van der Waals surface area contributed by atoms with Crippen molar-refractivity contribution in [3.8, 4) is 0 Å². The molecule has 0 aliphatic carbocycles. The Hall–Kier alpha value is -1.53. The Morgan fingerprint density at radius 1 is 1.27 bits per heavy atom. The molecular weight excluding hydrogens is 367 g/mol. The third kappa shape index (κ3) is 3.28. The molecule has 0 spiro atoms. The highest BCUT2D eigenvalue weighted by Gasteiger charge is 2.31. The van der Waals surface area contributed by atoms with E-state index in [0.29, 0.717) is 6.54 Å². The van der Waals surface area contributed by atoms with Crippen molar-refractivity contribution in [1.82, 2.24) is 4.90 Å². The number of amides is 2. The normalized spacial score (nSPS) is 17.5. The topological polar surface area (TPSA) is 32.3 Å². The number of nitrogens with zero attached hydrogens (tertiary/aromatic N) is 1. The first kappa shape index (κ1) is 15.4. The van der Waals surface area contributed by atoms with Crippen molar-refractivity contribution in [2.75, 3.05) is 17.6 Å². The van der Waals surface area contributed by atoms with Crippen molar-refractivity contribution in [2.24, 2.45) is 0 Å². The standard InChI is InChI=1S/C16H14BrFN2OS/c17-13-6-1-2-7-14(13)19-16(21)20-8-9-22-15(20)11-4-3-5-12(18)10-11/h1-7,10,15H,8-9H2,(H,19,21)/t15-/m0/s1. The minimum absolute atomic E-state index is 0.154. The van der Waals surface area contributed by atoms with Gasteiger partial charge in [0.15, 0.2) is 0 Å². The van der Waals surface area contributed by atoms with E-state index in [1.54, 1.807) is 22.7 Å². The second-order valence-corrected chi connectivity index (χ2v) is 6.92. The Labute approximate surface area is 141 Å². The zero-order valence-corrected chi connectivity index (χ0v) is 14.0. The second kappa shape index (κ2) is 6.71. The molecule has 3 nitrogen and oxygen atoms in total. The second-order valence-electron chi connectivity index (χ2n) is 4.88. The van der Waals surface area contributed by atoms with Crippen LogP contribution in [0.2, 0.25) is 0 Å². The first-order valence-corrected chi connectivity index (χ1v) is 8.68. The van der Waals surface area contributed by atoms with E-state index in [9.17, 15) is 9.18 Å². The number of thioether (sulfide) groups is 1. The highest BCUT2D eigenvalue weighted by molar-refractivity contribution is 9.10. The molecule has 0 bridgehead atoms. The van der Waals surface area contributed by atoms with Crippen LogP contribution in [0.4, 0.5) is 14.9 Å². The van der Waals surface area contributed by atoms with Gasteiger partial charge in [-0.1, -0.05) is 24.3 Å². The van der Waals surface area contributed by atoms with Gasteiger partial charge in [-0.05, 0) is 45.8 Å². The number of carbonyl (C=O) groups excluding carboxylic acids is 1. The van der Waals surface area contributed by atoms with E-state index < -0.39 is 0 Å². The van der Waals surface area contributed by atoms with E-state index in [1.807, 2.05) is 30.3 Å². The van der Waals surface area contributed by atoms with Crippen LogP contribution in [0.5, 0.6) is 0 Å². The van der Waals surface area contributed by atoms with Gasteiger partial charge in [-0.3, -0.25) is 0 Å². The third-order valence-corrected chi connectivity index (χ3v) is 5.35. The van der Waals surface area contributed by atoms with Gasteiger partial charge in [-0.25, -0.2) is 9.18 Å². The fraction of sp³-hybridized carbons (Fsp3) is 0.188. The molecule has 1 fully saturated rings. The van der Waals surface area contributed by atoms with Gasteiger partial charge in [0.05, 0.1) is 5.69 Å². The number of hydrogen-bond donors (Lipinski definition) is 1. The molecular formula is C16H14BrFN2OS. The predicted octanol–water partition coefficient (Wildman–Crippen LogP) is 4.87. The van der Waals surface area contributed by atoms with Crippen molar-refractivity contribution in [1.29, 1.82) is 0 Å². The maximum absolute atomic E-state index is 13.4. The fourth-order valence-corrected chi connectivity index (χ4v) is 3.99. The first-order chi connectivity index (χ1) is 10.6. The molecule has 2 aromatic rings. The Morgan fingerprint density at radius 3 is 2.86 bits per heavy atom. The van der Waals surface area contributed by atoms with Gasteiger partial charge >= 0.3 is 6.03 Å². The van der Waals surface area contributed by atoms with Crippen molar-refractivity contribution in [3.05, 3.63) is 64.4 Å². The molecule has 1 aliphatic rings. The van der Waals surface area contributed by atoms with Crippen LogP contribution in [0.15, 0.2) is 53.0 Å². The van der Waals surface area contributed by atoms with Crippen LogP contribution < -0.4 is 5.32 Å². The molecule has 1 atom stereocenters. The van der Waals surface area contributed by atoms with Crippen molar-refractivity contribution < 1.29 is 9.18 Å². The van der Waals surface area contributed by atoms with Crippen molar-refractivity contribution in [3.63, 3.8) is 0 Å². The van der Waals surface area contributed by atoms with Gasteiger partial charge in [-0.2, -0.15) is 0 Å². The lowest BCUT2D eigenvalue weighted by Gasteiger charge is -2.24. The molecule has 0 radical (unpaired) electrons. The minimum atomic E-state index is -0.281. The number of halogens is 2. The first-order valence-electron chi connectivity index (χ1n) is 6.84. The molecule has 0 aromatic heterocycles. The molecule has 1 saturated heterocycles. The van der Waals surface area contributed by atoms with Gasteiger partial charge in [0.25, 0.3) is 0 Å². The van der Waals surface area contributed by atoms with Gasteiger partial charge < -0.3 is 10.2 Å². The average molecular weight is 381 g/mol. The Kier molecular flexibility index (Phi) is 4.69. The predicted molar refractivity (Wildman–Crippen MR) is 91.5 cm³/mol. The summed E-state index contributed by atoms with van der Waals surface area (Å²) in [5.74, 6) is 0.557. The monoisotopic (exact) mass is 380 g/mol. The summed E-state index contributed by atoms with van der Waals surface area (Å²) in [6, 6.07) is 13.7. The Balaban J connectivity index is 1.78. The lowest BCUT2D eigenvalue weighted by Crippen LogP contribution is -2.34. The molecule has 1 aliphatic heterocycles. The third-order valence-electron chi connectivity index (χ3n) is 3.40. The van der Waals surface area contributed by atoms with E-state index in [1.165, 1.54) is 12.1 Å². The summed E-state index contributed by atoms with van der Waals surface area (Å²) < 4.78 is 14.2. The molecule has 0 saturated carbocycles. The van der Waals surface area contributed by atoms with Crippen LogP contribution in [0.3, 0.4) is 0 Å². The van der Waals surface area contributed by atoms with E-state index >= 15 is 0 Å². The largest absolute Gasteiger partial charge is 0.323 e. The van der Waals surface area contributed by atoms with Crippen LogP contribution in [0.25, 0.3) is 0 Å². The van der Waals surface area contributed by atoms with E-state index in [4.69, 9.17) is 0 Å². The van der Waals surface area contributed by atoms with Crippen LogP contribution in [0, 0.1) is 5.82 Å². The lowest BCUT2D eigenvalue weighted by atomic mass is 10.2. The van der Waals surface area contributed by atoms with Gasteiger partial charge in [0.2, 0.25) is 0 Å². The van der Waals surface area contributed by atoms with E-state index in [0.717, 1.165) is 21.5 Å². The van der Waals surface area contributed by atoms with Crippen molar-refractivity contribution >= 4 is 39.4 Å². The zero-order valence-electron chi connectivity index (χ0n) is 11.6. The molecule has 22 heavy (non-hydrogen) atoms. The number of carbonyl (C=O) groups is 1. The minimum Gasteiger partial charge on any atom is -0.308 e. The zero-order chi connectivity index (χ0) is 15.5. The highest BCUT2D eigenvalue weighted by atomic mass is 79.9. The number of nitrogens with one attached hydrogen (secondary N) is 1. The van der Waals surface area contributed by atoms with Crippen LogP contribution in [-0.4, -0.2) is 23.2 Å². The number of rotatable bonds is 2. The summed E-state index contributed by atoms with van der Waals surface area (Å²) in [7, 11) is 0. The maximum Gasteiger partial charge on any atom is 0.323 e. The van der Waals surface area contributed by atoms with E-state index in [2.05, 4.69) is 21.2 Å². The maximum atomic E-state index is 13.4. The summed E-state index contributed by atoms with van der Waals surface area (Å²) >= 11 is 5.06. The number of urea groups is 1. The molecule has 2 aromatic carbocycles. The molecule has 1 N–H and O–H groups in total. The SMILES string of the molecule is O=C(Nc1ccccc1Br)N1CCS[C@H]1c1cccc(F)c1. The number of anilines is 1. The summed E-state index contributed by atoms with van der Waals surface area (Å²) in [6.45, 7) is 0.641.